The summed E-state index contributed by atoms with van der Waals surface area (Å²) in [6.07, 6.45) is 1.64. The first-order chi connectivity index (χ1) is 12.2. The lowest BCUT2D eigenvalue weighted by Gasteiger charge is -2.20. The SMILES string of the molecule is Cc1ccc(CN(Cc2ccco2)C(=O)c2sc(C(C)(C)C)nc2C)s1. The van der Waals surface area contributed by atoms with Gasteiger partial charge < -0.3 is 9.32 Å². The molecule has 4 nitrogen and oxygen atoms in total. The molecule has 0 N–H and O–H groups in total. The van der Waals surface area contributed by atoms with Gasteiger partial charge in [-0.2, -0.15) is 0 Å². The summed E-state index contributed by atoms with van der Waals surface area (Å²) in [6.45, 7) is 11.4. The highest BCUT2D eigenvalue weighted by atomic mass is 32.1. The largest absolute Gasteiger partial charge is 0.467 e. The van der Waals surface area contributed by atoms with Crippen molar-refractivity contribution in [3.05, 3.63) is 61.6 Å². The van der Waals surface area contributed by atoms with Gasteiger partial charge in [0.1, 0.15) is 10.6 Å². The van der Waals surface area contributed by atoms with Gasteiger partial charge in [0.05, 0.1) is 30.1 Å². The van der Waals surface area contributed by atoms with Crippen molar-refractivity contribution in [3.8, 4) is 0 Å². The Labute approximate surface area is 162 Å². The van der Waals surface area contributed by atoms with Crippen LogP contribution in [0.1, 0.15) is 56.7 Å². The van der Waals surface area contributed by atoms with Crippen LogP contribution in [0.4, 0.5) is 0 Å². The lowest BCUT2D eigenvalue weighted by atomic mass is 9.98. The molecule has 0 spiro atoms. The Morgan fingerprint density at radius 2 is 1.92 bits per heavy atom. The summed E-state index contributed by atoms with van der Waals surface area (Å²) in [5.41, 5.74) is 0.738. The fourth-order valence-electron chi connectivity index (χ4n) is 2.61. The summed E-state index contributed by atoms with van der Waals surface area (Å²) < 4.78 is 5.48. The fraction of sp³-hybridized carbons (Fsp3) is 0.400. The number of hydrogen-bond acceptors (Lipinski definition) is 5. The highest BCUT2D eigenvalue weighted by molar-refractivity contribution is 7.14. The van der Waals surface area contributed by atoms with E-state index in [2.05, 4.69) is 44.8 Å². The lowest BCUT2D eigenvalue weighted by Crippen LogP contribution is -2.29. The Morgan fingerprint density at radius 1 is 1.15 bits per heavy atom. The van der Waals surface area contributed by atoms with Gasteiger partial charge in [0.2, 0.25) is 0 Å². The Morgan fingerprint density at radius 3 is 2.46 bits per heavy atom. The zero-order valence-corrected chi connectivity index (χ0v) is 17.5. The van der Waals surface area contributed by atoms with Gasteiger partial charge in [-0.1, -0.05) is 20.8 Å². The number of thiophene rings is 1. The molecule has 3 aromatic heterocycles. The number of aromatic nitrogens is 1. The molecule has 0 fully saturated rings. The Bertz CT molecular complexity index is 885. The van der Waals surface area contributed by atoms with E-state index >= 15 is 0 Å². The van der Waals surface area contributed by atoms with Gasteiger partial charge in [-0.05, 0) is 38.1 Å². The molecule has 6 heteroatoms. The molecule has 1 amide bonds. The molecule has 3 aromatic rings. The predicted octanol–water partition coefficient (Wildman–Crippen LogP) is 5.55. The number of nitrogens with zero attached hydrogens (tertiary/aromatic N) is 2. The third-order valence-electron chi connectivity index (χ3n) is 3.99. The summed E-state index contributed by atoms with van der Waals surface area (Å²) in [4.78, 5) is 22.9. The monoisotopic (exact) mass is 388 g/mol. The molecular weight excluding hydrogens is 364 g/mol. The summed E-state index contributed by atoms with van der Waals surface area (Å²) >= 11 is 3.22. The van der Waals surface area contributed by atoms with Crippen molar-refractivity contribution in [2.24, 2.45) is 0 Å². The van der Waals surface area contributed by atoms with E-state index in [9.17, 15) is 4.79 Å². The van der Waals surface area contributed by atoms with E-state index < -0.39 is 0 Å². The van der Waals surface area contributed by atoms with Crippen molar-refractivity contribution in [2.75, 3.05) is 0 Å². The second kappa shape index (κ2) is 7.37. The van der Waals surface area contributed by atoms with E-state index in [1.807, 2.05) is 24.0 Å². The van der Waals surface area contributed by atoms with Gasteiger partial charge in [-0.25, -0.2) is 4.98 Å². The van der Waals surface area contributed by atoms with Crippen LogP contribution >= 0.6 is 22.7 Å². The molecule has 0 aliphatic heterocycles. The predicted molar refractivity (Wildman–Crippen MR) is 107 cm³/mol. The van der Waals surface area contributed by atoms with Crippen LogP contribution in [0.2, 0.25) is 0 Å². The van der Waals surface area contributed by atoms with Crippen LogP contribution < -0.4 is 0 Å². The van der Waals surface area contributed by atoms with Crippen LogP contribution in [0.3, 0.4) is 0 Å². The van der Waals surface area contributed by atoms with Crippen LogP contribution in [-0.4, -0.2) is 15.8 Å². The zero-order chi connectivity index (χ0) is 18.9. The lowest BCUT2D eigenvalue weighted by molar-refractivity contribution is 0.0723. The molecule has 0 aliphatic carbocycles. The number of hydrogen-bond donors (Lipinski definition) is 0. The smallest absolute Gasteiger partial charge is 0.266 e. The van der Waals surface area contributed by atoms with E-state index in [0.717, 1.165) is 21.3 Å². The van der Waals surface area contributed by atoms with Crippen molar-refractivity contribution in [1.29, 1.82) is 0 Å². The summed E-state index contributed by atoms with van der Waals surface area (Å²) in [5, 5.41) is 0.989. The van der Waals surface area contributed by atoms with Crippen LogP contribution in [0, 0.1) is 13.8 Å². The molecule has 0 saturated carbocycles. The van der Waals surface area contributed by atoms with Crippen molar-refractivity contribution < 1.29 is 9.21 Å². The number of carbonyl (C=O) groups excluding carboxylic acids is 1. The number of amides is 1. The van der Waals surface area contributed by atoms with Gasteiger partial charge in [-0.3, -0.25) is 4.79 Å². The minimum atomic E-state index is -0.0648. The molecule has 0 atom stereocenters. The van der Waals surface area contributed by atoms with E-state index in [1.54, 1.807) is 17.6 Å². The number of thiazole rings is 1. The minimum Gasteiger partial charge on any atom is -0.467 e. The first-order valence-corrected chi connectivity index (χ1v) is 10.2. The quantitative estimate of drug-likeness (QED) is 0.575. The van der Waals surface area contributed by atoms with Crippen LogP contribution in [0.15, 0.2) is 34.9 Å². The van der Waals surface area contributed by atoms with Crippen LogP contribution in [-0.2, 0) is 18.5 Å². The Hall–Kier alpha value is -1.92. The maximum Gasteiger partial charge on any atom is 0.266 e. The maximum absolute atomic E-state index is 13.3. The number of rotatable bonds is 5. The van der Waals surface area contributed by atoms with Crippen LogP contribution in [0.25, 0.3) is 0 Å². The molecular formula is C20H24N2O2S2. The summed E-state index contributed by atoms with van der Waals surface area (Å²) in [6, 6.07) is 7.93. The van der Waals surface area contributed by atoms with Gasteiger partial charge in [-0.15, -0.1) is 22.7 Å². The van der Waals surface area contributed by atoms with Crippen molar-refractivity contribution in [2.45, 2.75) is 53.1 Å². The van der Waals surface area contributed by atoms with Gasteiger partial charge in [0.25, 0.3) is 5.91 Å². The fourth-order valence-corrected chi connectivity index (χ4v) is 4.61. The van der Waals surface area contributed by atoms with Crippen molar-refractivity contribution in [3.63, 3.8) is 0 Å². The van der Waals surface area contributed by atoms with E-state index in [-0.39, 0.29) is 11.3 Å². The van der Waals surface area contributed by atoms with Gasteiger partial charge >= 0.3 is 0 Å². The molecule has 0 aromatic carbocycles. The van der Waals surface area contributed by atoms with Gasteiger partial charge in [0, 0.05) is 15.2 Å². The van der Waals surface area contributed by atoms with E-state index in [1.165, 1.54) is 21.1 Å². The molecule has 0 radical (unpaired) electrons. The second-order valence-corrected chi connectivity index (χ2v) is 9.81. The molecule has 0 bridgehead atoms. The number of furan rings is 1. The minimum absolute atomic E-state index is 0.0120. The maximum atomic E-state index is 13.3. The molecule has 138 valence electrons. The second-order valence-electron chi connectivity index (χ2n) is 7.44. The highest BCUT2D eigenvalue weighted by Crippen LogP contribution is 2.31. The molecule has 3 rings (SSSR count). The summed E-state index contributed by atoms with van der Waals surface area (Å²) in [7, 11) is 0. The average Bonchev–Trinajstić information content (AvgIpc) is 3.27. The third kappa shape index (κ3) is 4.24. The zero-order valence-electron chi connectivity index (χ0n) is 15.8. The Kier molecular flexibility index (Phi) is 5.34. The van der Waals surface area contributed by atoms with Crippen molar-refractivity contribution >= 4 is 28.6 Å². The molecule has 0 saturated heterocycles. The number of carbonyl (C=O) groups is 1. The molecule has 26 heavy (non-hydrogen) atoms. The third-order valence-corrected chi connectivity index (χ3v) is 6.55. The normalized spacial score (nSPS) is 11.7. The molecule has 3 heterocycles. The standard InChI is InChI=1S/C20H24N2O2S2/c1-13-8-9-16(25-13)12-22(11-15-7-6-10-24-15)18(23)17-14(2)21-19(26-17)20(3,4)5/h6-10H,11-12H2,1-5H3. The average molecular weight is 389 g/mol. The highest BCUT2D eigenvalue weighted by Gasteiger charge is 2.26. The van der Waals surface area contributed by atoms with E-state index in [0.29, 0.717) is 13.1 Å². The molecule has 0 aliphatic rings. The first-order valence-electron chi connectivity index (χ1n) is 8.59. The Balaban J connectivity index is 1.90. The van der Waals surface area contributed by atoms with Gasteiger partial charge in [0.15, 0.2) is 0 Å². The first kappa shape index (κ1) is 18.9. The summed E-state index contributed by atoms with van der Waals surface area (Å²) in [5.74, 6) is 0.794. The van der Waals surface area contributed by atoms with E-state index in [4.69, 9.17) is 4.42 Å². The van der Waals surface area contributed by atoms with Crippen molar-refractivity contribution in [1.82, 2.24) is 9.88 Å². The topological polar surface area (TPSA) is 46.3 Å². The van der Waals surface area contributed by atoms with Crippen LogP contribution in [0.5, 0.6) is 0 Å². The molecule has 0 unspecified atom stereocenters. The number of aryl methyl sites for hydroxylation is 2.